The highest BCUT2D eigenvalue weighted by atomic mass is 32.2. The Bertz CT molecular complexity index is 71.3. The van der Waals surface area contributed by atoms with E-state index in [-0.39, 0.29) is 0 Å². The van der Waals surface area contributed by atoms with Crippen molar-refractivity contribution in [2.24, 2.45) is 0 Å². The maximum atomic E-state index is 2.35. The molecule has 0 radical (unpaired) electrons. The molecule has 0 bridgehead atoms. The predicted molar refractivity (Wildman–Crippen MR) is 56.4 cm³/mol. The van der Waals surface area contributed by atoms with Crippen LogP contribution in [0.3, 0.4) is 0 Å². The SMILES string of the molecule is CCCCCC[C@H](C)SCC. The minimum atomic E-state index is 0.886. The lowest BCUT2D eigenvalue weighted by Gasteiger charge is -2.08. The topological polar surface area (TPSA) is 0 Å². The van der Waals surface area contributed by atoms with Gasteiger partial charge in [0.25, 0.3) is 0 Å². The van der Waals surface area contributed by atoms with Gasteiger partial charge in [0, 0.05) is 5.25 Å². The van der Waals surface area contributed by atoms with Gasteiger partial charge in [0.05, 0.1) is 0 Å². The van der Waals surface area contributed by atoms with Crippen molar-refractivity contribution in [1.29, 1.82) is 0 Å². The zero-order chi connectivity index (χ0) is 8.53. The Balaban J connectivity index is 2.97. The highest BCUT2D eigenvalue weighted by Crippen LogP contribution is 2.16. The quantitative estimate of drug-likeness (QED) is 0.524. The third-order valence-corrected chi connectivity index (χ3v) is 3.05. The number of thioether (sulfide) groups is 1. The Morgan fingerprint density at radius 1 is 1.09 bits per heavy atom. The van der Waals surface area contributed by atoms with Crippen LogP contribution in [0.25, 0.3) is 0 Å². The minimum Gasteiger partial charge on any atom is -0.159 e. The Hall–Kier alpha value is 0.350. The van der Waals surface area contributed by atoms with Crippen LogP contribution in [-0.4, -0.2) is 11.0 Å². The van der Waals surface area contributed by atoms with E-state index in [9.17, 15) is 0 Å². The van der Waals surface area contributed by atoms with Gasteiger partial charge in [-0.1, -0.05) is 46.5 Å². The van der Waals surface area contributed by atoms with Gasteiger partial charge in [-0.25, -0.2) is 0 Å². The van der Waals surface area contributed by atoms with Crippen molar-refractivity contribution in [3.63, 3.8) is 0 Å². The van der Waals surface area contributed by atoms with E-state index in [1.807, 2.05) is 0 Å². The molecule has 0 amide bonds. The number of rotatable bonds is 7. The smallest absolute Gasteiger partial charge is 0.00186 e. The van der Waals surface area contributed by atoms with Crippen LogP contribution in [0.4, 0.5) is 0 Å². The molecule has 0 aliphatic rings. The van der Waals surface area contributed by atoms with E-state index in [2.05, 4.69) is 32.5 Å². The summed E-state index contributed by atoms with van der Waals surface area (Å²) in [6, 6.07) is 0. The number of unbranched alkanes of at least 4 members (excludes halogenated alkanes) is 3. The molecule has 0 spiro atoms. The molecule has 0 heterocycles. The largest absolute Gasteiger partial charge is 0.159 e. The molecule has 0 N–H and O–H groups in total. The summed E-state index contributed by atoms with van der Waals surface area (Å²) in [6.07, 6.45) is 7.06. The number of hydrogen-bond donors (Lipinski definition) is 0. The van der Waals surface area contributed by atoms with Crippen molar-refractivity contribution >= 4 is 11.8 Å². The Labute approximate surface area is 76.1 Å². The third-order valence-electron chi connectivity index (χ3n) is 1.92. The lowest BCUT2D eigenvalue weighted by atomic mass is 10.1. The molecule has 68 valence electrons. The van der Waals surface area contributed by atoms with Crippen molar-refractivity contribution < 1.29 is 0 Å². The lowest BCUT2D eigenvalue weighted by Crippen LogP contribution is -1.95. The van der Waals surface area contributed by atoms with Crippen LogP contribution in [0.5, 0.6) is 0 Å². The molecule has 0 aromatic rings. The molecule has 0 saturated carbocycles. The maximum absolute atomic E-state index is 2.35. The average molecular weight is 174 g/mol. The predicted octanol–water partition coefficient (Wildman–Crippen LogP) is 4.10. The molecular formula is C10H22S. The molecule has 0 saturated heterocycles. The van der Waals surface area contributed by atoms with Crippen molar-refractivity contribution in [2.75, 3.05) is 5.75 Å². The Morgan fingerprint density at radius 3 is 2.36 bits per heavy atom. The summed E-state index contributed by atoms with van der Waals surface area (Å²) in [4.78, 5) is 0. The molecule has 0 fully saturated rings. The highest BCUT2D eigenvalue weighted by Gasteiger charge is 1.99. The monoisotopic (exact) mass is 174 g/mol. The summed E-state index contributed by atoms with van der Waals surface area (Å²) in [5.74, 6) is 1.27. The summed E-state index contributed by atoms with van der Waals surface area (Å²) in [5.41, 5.74) is 0. The van der Waals surface area contributed by atoms with Crippen LogP contribution >= 0.6 is 11.8 Å². The highest BCUT2D eigenvalue weighted by molar-refractivity contribution is 7.99. The van der Waals surface area contributed by atoms with Crippen molar-refractivity contribution in [1.82, 2.24) is 0 Å². The van der Waals surface area contributed by atoms with Gasteiger partial charge in [-0.15, -0.1) is 0 Å². The van der Waals surface area contributed by atoms with Crippen LogP contribution in [0.1, 0.15) is 52.9 Å². The Morgan fingerprint density at radius 2 is 1.82 bits per heavy atom. The first-order chi connectivity index (χ1) is 5.31. The van der Waals surface area contributed by atoms with Gasteiger partial charge < -0.3 is 0 Å². The van der Waals surface area contributed by atoms with Crippen LogP contribution in [0.15, 0.2) is 0 Å². The summed E-state index contributed by atoms with van der Waals surface area (Å²) in [5, 5.41) is 0.886. The minimum absolute atomic E-state index is 0.886. The zero-order valence-electron chi connectivity index (χ0n) is 8.23. The molecular weight excluding hydrogens is 152 g/mol. The molecule has 1 heteroatoms. The van der Waals surface area contributed by atoms with E-state index in [4.69, 9.17) is 0 Å². The van der Waals surface area contributed by atoms with Gasteiger partial charge in [-0.3, -0.25) is 0 Å². The van der Waals surface area contributed by atoms with Crippen LogP contribution < -0.4 is 0 Å². The second kappa shape index (κ2) is 8.45. The summed E-state index contributed by atoms with van der Waals surface area (Å²) < 4.78 is 0. The van der Waals surface area contributed by atoms with E-state index < -0.39 is 0 Å². The molecule has 11 heavy (non-hydrogen) atoms. The molecule has 1 atom stereocenters. The third kappa shape index (κ3) is 8.25. The first-order valence-electron chi connectivity index (χ1n) is 4.92. The zero-order valence-corrected chi connectivity index (χ0v) is 9.04. The van der Waals surface area contributed by atoms with Crippen LogP contribution in [0, 0.1) is 0 Å². The molecule has 0 aromatic carbocycles. The maximum Gasteiger partial charge on any atom is 0.00186 e. The van der Waals surface area contributed by atoms with Crippen molar-refractivity contribution in [3.05, 3.63) is 0 Å². The van der Waals surface area contributed by atoms with E-state index in [1.54, 1.807) is 0 Å². The van der Waals surface area contributed by atoms with Gasteiger partial charge >= 0.3 is 0 Å². The summed E-state index contributed by atoms with van der Waals surface area (Å²) in [6.45, 7) is 6.86. The van der Waals surface area contributed by atoms with E-state index in [0.29, 0.717) is 0 Å². The standard InChI is InChI=1S/C10H22S/c1-4-6-7-8-9-10(3)11-5-2/h10H,4-9H2,1-3H3/t10-/m0/s1. The van der Waals surface area contributed by atoms with Gasteiger partial charge in [-0.05, 0) is 12.2 Å². The van der Waals surface area contributed by atoms with Crippen molar-refractivity contribution in [2.45, 2.75) is 58.1 Å². The first kappa shape index (κ1) is 11.4. The first-order valence-corrected chi connectivity index (χ1v) is 5.97. The molecule has 0 aliphatic heterocycles. The molecule has 0 aliphatic carbocycles. The van der Waals surface area contributed by atoms with E-state index in [1.165, 1.54) is 37.9 Å². The molecule has 0 aromatic heterocycles. The van der Waals surface area contributed by atoms with Crippen molar-refractivity contribution in [3.8, 4) is 0 Å². The van der Waals surface area contributed by atoms with Crippen LogP contribution in [0.2, 0.25) is 0 Å². The average Bonchev–Trinajstić information content (AvgIpc) is 1.99. The lowest BCUT2D eigenvalue weighted by molar-refractivity contribution is 0.631. The van der Waals surface area contributed by atoms with Gasteiger partial charge in [0.1, 0.15) is 0 Å². The molecule has 0 unspecified atom stereocenters. The number of hydrogen-bond acceptors (Lipinski definition) is 1. The normalized spacial score (nSPS) is 13.4. The van der Waals surface area contributed by atoms with E-state index in [0.717, 1.165) is 5.25 Å². The van der Waals surface area contributed by atoms with E-state index >= 15 is 0 Å². The second-order valence-corrected chi connectivity index (χ2v) is 4.83. The second-order valence-electron chi connectivity index (χ2n) is 3.12. The molecule has 0 nitrogen and oxygen atoms in total. The Kier molecular flexibility index (Phi) is 8.72. The fourth-order valence-electron chi connectivity index (χ4n) is 1.23. The summed E-state index contributed by atoms with van der Waals surface area (Å²) >= 11 is 2.09. The fourth-order valence-corrected chi connectivity index (χ4v) is 2.13. The van der Waals surface area contributed by atoms with Crippen LogP contribution in [-0.2, 0) is 0 Å². The molecule has 0 rings (SSSR count). The summed E-state index contributed by atoms with van der Waals surface area (Å²) in [7, 11) is 0. The van der Waals surface area contributed by atoms with Gasteiger partial charge in [-0.2, -0.15) is 11.8 Å². The van der Waals surface area contributed by atoms with Gasteiger partial charge in [0.15, 0.2) is 0 Å². The fraction of sp³-hybridized carbons (Fsp3) is 1.00. The van der Waals surface area contributed by atoms with Gasteiger partial charge in [0.2, 0.25) is 0 Å².